The topological polar surface area (TPSA) is 24.4 Å². The first-order valence-corrected chi connectivity index (χ1v) is 7.20. The Morgan fingerprint density at radius 1 is 1.21 bits per heavy atom. The zero-order chi connectivity index (χ0) is 13.1. The molecule has 0 aromatic heterocycles. The molecule has 1 unspecified atom stereocenters. The molecule has 1 atom stereocenters. The highest BCUT2D eigenvalue weighted by Crippen LogP contribution is 2.23. The molecule has 1 N–H and O–H groups in total. The average Bonchev–Trinajstić information content (AvgIpc) is 2.48. The van der Waals surface area contributed by atoms with Gasteiger partial charge < -0.3 is 5.32 Å². The van der Waals surface area contributed by atoms with Crippen LogP contribution in [0.4, 0.5) is 0 Å². The zero-order valence-electron chi connectivity index (χ0n) is 10.8. The first-order valence-electron chi connectivity index (χ1n) is 6.76. The zero-order valence-corrected chi connectivity index (χ0v) is 11.5. The minimum atomic E-state index is -0.377. The van der Waals surface area contributed by atoms with Crippen molar-refractivity contribution in [3.8, 4) is 0 Å². The molecule has 2 nitrogen and oxygen atoms in total. The number of alkyl halides is 1. The van der Waals surface area contributed by atoms with Crippen molar-refractivity contribution in [2.24, 2.45) is 4.99 Å². The lowest BCUT2D eigenvalue weighted by molar-refractivity contribution is 0.759. The van der Waals surface area contributed by atoms with Gasteiger partial charge in [-0.05, 0) is 42.9 Å². The van der Waals surface area contributed by atoms with E-state index in [9.17, 15) is 0 Å². The van der Waals surface area contributed by atoms with Crippen LogP contribution in [0.1, 0.15) is 25.7 Å². The van der Waals surface area contributed by atoms with Crippen LogP contribution in [0.15, 0.2) is 64.4 Å². The molecule has 98 valence electrons. The van der Waals surface area contributed by atoms with Crippen molar-refractivity contribution in [3.63, 3.8) is 0 Å². The number of hydrogen-bond acceptors (Lipinski definition) is 2. The molecule has 1 aliphatic heterocycles. The Morgan fingerprint density at radius 2 is 2.16 bits per heavy atom. The summed E-state index contributed by atoms with van der Waals surface area (Å²) in [5.74, 6) is 0. The number of halogens is 1. The first-order chi connectivity index (χ1) is 9.33. The number of hydrogen-bond donors (Lipinski definition) is 1. The fourth-order valence-corrected chi connectivity index (χ4v) is 2.69. The van der Waals surface area contributed by atoms with Crippen molar-refractivity contribution < 1.29 is 0 Å². The summed E-state index contributed by atoms with van der Waals surface area (Å²) in [4.78, 5) is 4.49. The van der Waals surface area contributed by atoms with Crippen molar-refractivity contribution in [3.05, 3.63) is 59.4 Å². The van der Waals surface area contributed by atoms with Gasteiger partial charge in [-0.15, -0.1) is 0 Å². The summed E-state index contributed by atoms with van der Waals surface area (Å²) in [6.45, 7) is 0. The van der Waals surface area contributed by atoms with Gasteiger partial charge in [-0.1, -0.05) is 48.1 Å². The van der Waals surface area contributed by atoms with Crippen LogP contribution in [0.5, 0.6) is 0 Å². The van der Waals surface area contributed by atoms with E-state index in [4.69, 9.17) is 11.6 Å². The van der Waals surface area contributed by atoms with Gasteiger partial charge in [-0.2, -0.15) is 0 Å². The molecule has 0 bridgehead atoms. The molecule has 19 heavy (non-hydrogen) atoms. The van der Waals surface area contributed by atoms with E-state index >= 15 is 0 Å². The molecule has 3 aliphatic rings. The molecule has 3 heteroatoms. The van der Waals surface area contributed by atoms with E-state index in [1.807, 2.05) is 0 Å². The summed E-state index contributed by atoms with van der Waals surface area (Å²) < 4.78 is 0. The highest BCUT2D eigenvalue weighted by molar-refractivity contribution is 6.22. The van der Waals surface area contributed by atoms with Crippen LogP contribution >= 0.6 is 11.6 Å². The molecule has 2 aliphatic carbocycles. The average molecular weight is 273 g/mol. The summed E-state index contributed by atoms with van der Waals surface area (Å²) >= 11 is 6.21. The van der Waals surface area contributed by atoms with Crippen LogP contribution in [0, 0.1) is 0 Å². The molecule has 0 saturated heterocycles. The lowest BCUT2D eigenvalue weighted by Gasteiger charge is -2.23. The van der Waals surface area contributed by atoms with Gasteiger partial charge >= 0.3 is 0 Å². The number of rotatable bonds is 2. The van der Waals surface area contributed by atoms with Crippen molar-refractivity contribution >= 4 is 17.3 Å². The maximum Gasteiger partial charge on any atom is 0.196 e. The lowest BCUT2D eigenvalue weighted by Crippen LogP contribution is -2.29. The van der Waals surface area contributed by atoms with Crippen LogP contribution in [0.3, 0.4) is 0 Å². The van der Waals surface area contributed by atoms with Crippen molar-refractivity contribution in [1.82, 2.24) is 5.32 Å². The van der Waals surface area contributed by atoms with Crippen LogP contribution < -0.4 is 5.32 Å². The molecule has 0 saturated carbocycles. The molecule has 0 aromatic carbocycles. The van der Waals surface area contributed by atoms with E-state index in [1.54, 1.807) is 0 Å². The van der Waals surface area contributed by atoms with Gasteiger partial charge in [0.05, 0.1) is 5.71 Å². The third-order valence-electron chi connectivity index (χ3n) is 3.46. The number of nitrogens with one attached hydrogen (secondary N) is 1. The largest absolute Gasteiger partial charge is 0.351 e. The van der Waals surface area contributed by atoms with Gasteiger partial charge in [0.15, 0.2) is 5.62 Å². The number of nitrogens with zero attached hydrogens (tertiary/aromatic N) is 1. The fraction of sp³-hybridized carbons (Fsp3) is 0.312. The molecule has 0 amide bonds. The molecule has 1 heterocycles. The summed E-state index contributed by atoms with van der Waals surface area (Å²) in [6, 6.07) is 0. The molecule has 0 radical (unpaired) electrons. The minimum absolute atomic E-state index is 0.377. The minimum Gasteiger partial charge on any atom is -0.351 e. The molecule has 0 spiro atoms. The fourth-order valence-electron chi connectivity index (χ4n) is 2.47. The van der Waals surface area contributed by atoms with Gasteiger partial charge in [0.2, 0.25) is 0 Å². The van der Waals surface area contributed by atoms with E-state index in [2.05, 4.69) is 52.8 Å². The maximum absolute atomic E-state index is 6.21. The maximum atomic E-state index is 6.21. The monoisotopic (exact) mass is 272 g/mol. The summed E-state index contributed by atoms with van der Waals surface area (Å²) in [7, 11) is 0. The van der Waals surface area contributed by atoms with Gasteiger partial charge in [-0.3, -0.25) is 0 Å². The Labute approximate surface area is 118 Å². The van der Waals surface area contributed by atoms with E-state index in [0.29, 0.717) is 0 Å². The van der Waals surface area contributed by atoms with Crippen LogP contribution in [0.2, 0.25) is 0 Å². The molecule has 0 aromatic rings. The van der Waals surface area contributed by atoms with Crippen LogP contribution in [-0.2, 0) is 0 Å². The first kappa shape index (κ1) is 12.5. The lowest BCUT2D eigenvalue weighted by atomic mass is 9.96. The van der Waals surface area contributed by atoms with E-state index < -0.39 is 0 Å². The predicted molar refractivity (Wildman–Crippen MR) is 81.2 cm³/mol. The highest BCUT2D eigenvalue weighted by atomic mass is 35.5. The second-order valence-electron chi connectivity index (χ2n) is 4.85. The molecular formula is C16H17ClN2. The number of allylic oxidation sites excluding steroid dienone is 8. The normalized spacial score (nSPS) is 26.1. The molecular weight excluding hydrogens is 256 g/mol. The van der Waals surface area contributed by atoms with Gasteiger partial charge in [0, 0.05) is 5.70 Å². The van der Waals surface area contributed by atoms with Gasteiger partial charge in [0.1, 0.15) is 0 Å². The second-order valence-corrected chi connectivity index (χ2v) is 5.26. The second kappa shape index (κ2) is 5.62. The third-order valence-corrected chi connectivity index (χ3v) is 3.66. The summed E-state index contributed by atoms with van der Waals surface area (Å²) in [6.07, 6.45) is 19.5. The van der Waals surface area contributed by atoms with E-state index in [-0.39, 0.29) is 5.62 Å². The van der Waals surface area contributed by atoms with Gasteiger partial charge in [-0.25, -0.2) is 4.99 Å². The summed E-state index contributed by atoms with van der Waals surface area (Å²) in [5.41, 5.74) is 4.20. The Morgan fingerprint density at radius 3 is 2.89 bits per heavy atom. The van der Waals surface area contributed by atoms with Crippen molar-refractivity contribution in [1.29, 1.82) is 0 Å². The molecule has 0 fully saturated rings. The van der Waals surface area contributed by atoms with Crippen molar-refractivity contribution in [2.75, 3.05) is 0 Å². The standard InChI is InChI=1S/C16H17ClN2/c17-16-18-14(12-7-3-1-4-8-12)11-15(19-16)13-9-5-2-6-10-13/h1,3,5,7,9-11,16,19H,2,4,6,8H2. The summed E-state index contributed by atoms with van der Waals surface area (Å²) in [5, 5.41) is 3.23. The predicted octanol–water partition coefficient (Wildman–Crippen LogP) is 3.99. The smallest absolute Gasteiger partial charge is 0.196 e. The van der Waals surface area contributed by atoms with Crippen molar-refractivity contribution in [2.45, 2.75) is 31.3 Å². The van der Waals surface area contributed by atoms with Gasteiger partial charge in [0.25, 0.3) is 0 Å². The Balaban J connectivity index is 1.90. The Kier molecular flexibility index (Phi) is 3.69. The quantitative estimate of drug-likeness (QED) is 0.597. The Bertz CT molecular complexity index is 547. The van der Waals surface area contributed by atoms with E-state index in [1.165, 1.54) is 11.1 Å². The Hall–Kier alpha value is -1.54. The van der Waals surface area contributed by atoms with E-state index in [0.717, 1.165) is 37.1 Å². The number of aliphatic imine (C=N–C) groups is 1. The van der Waals surface area contributed by atoms with Crippen LogP contribution in [-0.4, -0.2) is 11.3 Å². The third kappa shape index (κ3) is 2.90. The van der Waals surface area contributed by atoms with Crippen LogP contribution in [0.25, 0.3) is 0 Å². The molecule has 3 rings (SSSR count). The SMILES string of the molecule is ClC1N=C(C2=CC=CCC2)C=C(C2=CCCC=C2)N1. The highest BCUT2D eigenvalue weighted by Gasteiger charge is 2.18.